The Hall–Kier alpha value is -0.340. The van der Waals surface area contributed by atoms with E-state index in [9.17, 15) is 21.6 Å². The molecule has 0 aromatic rings. The summed E-state index contributed by atoms with van der Waals surface area (Å²) >= 11 is 0. The molecule has 8 heteroatoms. The van der Waals surface area contributed by atoms with Crippen molar-refractivity contribution in [1.82, 2.24) is 4.31 Å². The van der Waals surface area contributed by atoms with Gasteiger partial charge in [0.25, 0.3) is 0 Å². The molecule has 1 unspecified atom stereocenters. The molecular formula is C7H12F3NO3S. The maximum absolute atomic E-state index is 11.9. The summed E-state index contributed by atoms with van der Waals surface area (Å²) in [5.41, 5.74) is 0. The Morgan fingerprint density at radius 1 is 1.47 bits per heavy atom. The molecule has 0 bridgehead atoms. The smallest absolute Gasteiger partial charge is 0.382 e. The van der Waals surface area contributed by atoms with Crippen LogP contribution < -0.4 is 0 Å². The second-order valence-electron chi connectivity index (χ2n) is 3.58. The van der Waals surface area contributed by atoms with Crippen molar-refractivity contribution in [3.63, 3.8) is 0 Å². The summed E-state index contributed by atoms with van der Waals surface area (Å²) in [7, 11) is -2.60. The zero-order chi connectivity index (χ0) is 11.9. The van der Waals surface area contributed by atoms with Crippen LogP contribution in [0.5, 0.6) is 0 Å². The van der Waals surface area contributed by atoms with Crippen LogP contribution in [-0.2, 0) is 10.0 Å². The first kappa shape index (κ1) is 12.7. The molecule has 0 spiro atoms. The molecular weight excluding hydrogens is 235 g/mol. The average molecular weight is 247 g/mol. The topological polar surface area (TPSA) is 57.6 Å². The number of aliphatic hydroxyl groups is 1. The zero-order valence-electron chi connectivity index (χ0n) is 8.03. The molecule has 1 aliphatic carbocycles. The minimum absolute atomic E-state index is 0.481. The van der Waals surface area contributed by atoms with E-state index < -0.39 is 34.1 Å². The third-order valence-electron chi connectivity index (χ3n) is 2.19. The average Bonchev–Trinajstić information content (AvgIpc) is 2.83. The van der Waals surface area contributed by atoms with E-state index >= 15 is 0 Å². The van der Waals surface area contributed by atoms with Gasteiger partial charge in [0, 0.05) is 13.6 Å². The predicted octanol–water partition coefficient (Wildman–Crippen LogP) is 0.334. The highest BCUT2D eigenvalue weighted by Gasteiger charge is 2.44. The molecule has 90 valence electrons. The molecule has 0 amide bonds. The number of halogens is 3. The van der Waals surface area contributed by atoms with Crippen LogP contribution in [0.15, 0.2) is 0 Å². The molecule has 0 aromatic carbocycles. The fourth-order valence-electron chi connectivity index (χ4n) is 1.07. The minimum Gasteiger partial charge on any atom is -0.382 e. The number of aliphatic hydroxyl groups excluding tert-OH is 1. The highest BCUT2D eigenvalue weighted by atomic mass is 32.2. The van der Waals surface area contributed by atoms with Crippen molar-refractivity contribution < 1.29 is 26.7 Å². The van der Waals surface area contributed by atoms with Gasteiger partial charge in [0.2, 0.25) is 10.0 Å². The van der Waals surface area contributed by atoms with Gasteiger partial charge in [-0.1, -0.05) is 0 Å². The molecule has 1 rings (SSSR count). The summed E-state index contributed by atoms with van der Waals surface area (Å²) in [5, 5.41) is 8.12. The molecule has 1 aliphatic rings. The summed E-state index contributed by atoms with van der Waals surface area (Å²) in [5.74, 6) is 0. The number of rotatable bonds is 4. The Labute approximate surface area is 85.7 Å². The zero-order valence-corrected chi connectivity index (χ0v) is 8.85. The quantitative estimate of drug-likeness (QED) is 0.779. The summed E-state index contributed by atoms with van der Waals surface area (Å²) in [6.45, 7) is -0.942. The molecule has 0 radical (unpaired) electrons. The molecule has 1 fully saturated rings. The maximum atomic E-state index is 11.9. The monoisotopic (exact) mass is 247 g/mol. The largest absolute Gasteiger partial charge is 0.415 e. The number of hydrogen-bond donors (Lipinski definition) is 1. The molecule has 0 aromatic heterocycles. The van der Waals surface area contributed by atoms with Crippen molar-refractivity contribution >= 4 is 10.0 Å². The first-order valence-corrected chi connectivity index (χ1v) is 5.86. The summed E-state index contributed by atoms with van der Waals surface area (Å²) in [6.07, 6.45) is -6.45. The van der Waals surface area contributed by atoms with Crippen LogP contribution in [0.1, 0.15) is 12.8 Å². The Balaban J connectivity index is 2.59. The van der Waals surface area contributed by atoms with Crippen molar-refractivity contribution in [3.8, 4) is 0 Å². The lowest BCUT2D eigenvalue weighted by molar-refractivity contribution is -0.204. The standard InChI is InChI=1S/C7H12F3NO3S/c1-11(4-6(12)7(8,9)10)15(13,14)5-2-3-5/h5-6,12H,2-4H2,1H3. The van der Waals surface area contributed by atoms with E-state index in [-0.39, 0.29) is 0 Å². The lowest BCUT2D eigenvalue weighted by atomic mass is 10.3. The van der Waals surface area contributed by atoms with Gasteiger partial charge in [-0.3, -0.25) is 0 Å². The van der Waals surface area contributed by atoms with Crippen molar-refractivity contribution in [2.45, 2.75) is 30.4 Å². The van der Waals surface area contributed by atoms with Gasteiger partial charge in [-0.15, -0.1) is 0 Å². The number of alkyl halides is 3. The van der Waals surface area contributed by atoms with Crippen molar-refractivity contribution in [2.75, 3.05) is 13.6 Å². The summed E-state index contributed by atoms with van der Waals surface area (Å²) in [6, 6.07) is 0. The van der Waals surface area contributed by atoms with Crippen molar-refractivity contribution in [3.05, 3.63) is 0 Å². The van der Waals surface area contributed by atoms with E-state index in [0.29, 0.717) is 17.1 Å². The highest BCUT2D eigenvalue weighted by molar-refractivity contribution is 7.90. The van der Waals surface area contributed by atoms with E-state index in [0.717, 1.165) is 7.05 Å². The van der Waals surface area contributed by atoms with Crippen LogP contribution in [0.4, 0.5) is 13.2 Å². The second kappa shape index (κ2) is 3.91. The van der Waals surface area contributed by atoms with Crippen LogP contribution in [0.2, 0.25) is 0 Å². The normalized spacial score (nSPS) is 20.7. The summed E-state index contributed by atoms with van der Waals surface area (Å²) in [4.78, 5) is 0. The molecule has 4 nitrogen and oxygen atoms in total. The lowest BCUT2D eigenvalue weighted by Crippen LogP contribution is -2.42. The highest BCUT2D eigenvalue weighted by Crippen LogP contribution is 2.31. The number of nitrogens with zero attached hydrogens (tertiary/aromatic N) is 1. The Morgan fingerprint density at radius 3 is 2.27 bits per heavy atom. The van der Waals surface area contributed by atoms with E-state index in [1.807, 2.05) is 0 Å². The first-order valence-electron chi connectivity index (χ1n) is 4.35. The molecule has 0 saturated heterocycles. The molecule has 1 saturated carbocycles. The lowest BCUT2D eigenvalue weighted by Gasteiger charge is -2.21. The third kappa shape index (κ3) is 3.05. The van der Waals surface area contributed by atoms with Gasteiger partial charge < -0.3 is 5.11 Å². The number of likely N-dealkylation sites (N-methyl/N-ethyl adjacent to an activating group) is 1. The fourth-order valence-corrected chi connectivity index (χ4v) is 2.66. The van der Waals surface area contributed by atoms with Gasteiger partial charge in [-0.05, 0) is 12.8 Å². The van der Waals surface area contributed by atoms with Gasteiger partial charge >= 0.3 is 6.18 Å². The molecule has 15 heavy (non-hydrogen) atoms. The van der Waals surface area contributed by atoms with Gasteiger partial charge in [0.1, 0.15) is 0 Å². The van der Waals surface area contributed by atoms with Crippen molar-refractivity contribution in [1.29, 1.82) is 0 Å². The van der Waals surface area contributed by atoms with E-state index in [4.69, 9.17) is 5.11 Å². The molecule has 1 N–H and O–H groups in total. The second-order valence-corrected chi connectivity index (χ2v) is 5.90. The van der Waals surface area contributed by atoms with Crippen LogP contribution in [-0.4, -0.2) is 49.0 Å². The van der Waals surface area contributed by atoms with Gasteiger partial charge in [-0.25, -0.2) is 12.7 Å². The van der Waals surface area contributed by atoms with Crippen LogP contribution in [0.3, 0.4) is 0 Å². The Kier molecular flexibility index (Phi) is 3.32. The Bertz CT molecular complexity index is 323. The fraction of sp³-hybridized carbons (Fsp3) is 1.00. The minimum atomic E-state index is -4.78. The van der Waals surface area contributed by atoms with E-state index in [1.54, 1.807) is 0 Å². The number of hydrogen-bond acceptors (Lipinski definition) is 3. The van der Waals surface area contributed by atoms with Crippen LogP contribution in [0, 0.1) is 0 Å². The summed E-state index contributed by atoms with van der Waals surface area (Å²) < 4.78 is 59.2. The van der Waals surface area contributed by atoms with Gasteiger partial charge in [0.05, 0.1) is 5.25 Å². The molecule has 1 atom stereocenters. The van der Waals surface area contributed by atoms with E-state index in [2.05, 4.69) is 0 Å². The third-order valence-corrected chi connectivity index (χ3v) is 4.52. The van der Waals surface area contributed by atoms with Gasteiger partial charge in [-0.2, -0.15) is 13.2 Å². The van der Waals surface area contributed by atoms with Crippen LogP contribution in [0.25, 0.3) is 0 Å². The molecule has 0 heterocycles. The SMILES string of the molecule is CN(CC(O)C(F)(F)F)S(=O)(=O)C1CC1. The Morgan fingerprint density at radius 2 is 1.93 bits per heavy atom. The van der Waals surface area contributed by atoms with E-state index in [1.165, 1.54) is 0 Å². The van der Waals surface area contributed by atoms with Crippen molar-refractivity contribution in [2.24, 2.45) is 0 Å². The number of sulfonamides is 1. The maximum Gasteiger partial charge on any atom is 0.415 e. The molecule has 0 aliphatic heterocycles. The predicted molar refractivity (Wildman–Crippen MR) is 46.6 cm³/mol. The van der Waals surface area contributed by atoms with Gasteiger partial charge in [0.15, 0.2) is 6.10 Å². The first-order chi connectivity index (χ1) is 6.65. The van der Waals surface area contributed by atoms with Crippen LogP contribution >= 0.6 is 0 Å².